The monoisotopic (exact) mass is 201 g/mol. The van der Waals surface area contributed by atoms with Crippen LogP contribution < -0.4 is 5.32 Å². The molecule has 0 aromatic rings. The van der Waals surface area contributed by atoms with E-state index in [1.807, 2.05) is 13.8 Å². The lowest BCUT2D eigenvalue weighted by atomic mass is 10.1. The Morgan fingerprint density at radius 3 is 2.43 bits per heavy atom. The van der Waals surface area contributed by atoms with Crippen LogP contribution in [0.15, 0.2) is 0 Å². The summed E-state index contributed by atoms with van der Waals surface area (Å²) in [5, 5.41) is 2.62. The number of hydrogen-bond acceptors (Lipinski definition) is 2. The summed E-state index contributed by atoms with van der Waals surface area (Å²) in [7, 11) is 1.68. The van der Waals surface area contributed by atoms with Crippen LogP contribution in [0.3, 0.4) is 0 Å². The van der Waals surface area contributed by atoms with Gasteiger partial charge in [-0.1, -0.05) is 12.8 Å². The third-order valence-corrected chi connectivity index (χ3v) is 2.03. The van der Waals surface area contributed by atoms with Gasteiger partial charge in [0.05, 0.1) is 6.10 Å². The summed E-state index contributed by atoms with van der Waals surface area (Å²) in [6, 6.07) is 0. The molecule has 0 aliphatic rings. The van der Waals surface area contributed by atoms with Crippen molar-refractivity contribution in [3.63, 3.8) is 0 Å². The highest BCUT2D eigenvalue weighted by Gasteiger charge is 1.97. The van der Waals surface area contributed by atoms with Gasteiger partial charge >= 0.3 is 0 Å². The topological polar surface area (TPSA) is 38.3 Å². The van der Waals surface area contributed by atoms with Crippen LogP contribution in [0.25, 0.3) is 0 Å². The van der Waals surface area contributed by atoms with Crippen LogP contribution in [0, 0.1) is 0 Å². The first kappa shape index (κ1) is 13.4. The summed E-state index contributed by atoms with van der Waals surface area (Å²) in [6.07, 6.45) is 5.36. The molecule has 0 atom stereocenters. The van der Waals surface area contributed by atoms with Crippen molar-refractivity contribution in [3.8, 4) is 0 Å². The lowest BCUT2D eigenvalue weighted by Gasteiger charge is -2.06. The molecule has 14 heavy (non-hydrogen) atoms. The number of rotatable bonds is 8. The van der Waals surface area contributed by atoms with Crippen molar-refractivity contribution in [1.29, 1.82) is 0 Å². The Labute approximate surface area is 87.2 Å². The molecular weight excluding hydrogens is 178 g/mol. The van der Waals surface area contributed by atoms with Gasteiger partial charge in [0.2, 0.25) is 5.91 Å². The molecule has 0 spiro atoms. The highest BCUT2D eigenvalue weighted by Crippen LogP contribution is 2.03. The van der Waals surface area contributed by atoms with Crippen LogP contribution in [0.2, 0.25) is 0 Å². The van der Waals surface area contributed by atoms with E-state index in [1.165, 1.54) is 0 Å². The molecule has 0 bridgehead atoms. The van der Waals surface area contributed by atoms with Crippen LogP contribution in [0.4, 0.5) is 0 Å². The average Bonchev–Trinajstić information content (AvgIpc) is 2.15. The van der Waals surface area contributed by atoms with Gasteiger partial charge in [-0.3, -0.25) is 4.79 Å². The van der Waals surface area contributed by atoms with Crippen molar-refractivity contribution in [1.82, 2.24) is 5.32 Å². The van der Waals surface area contributed by atoms with E-state index in [1.54, 1.807) is 7.05 Å². The summed E-state index contributed by atoms with van der Waals surface area (Å²) < 4.78 is 5.41. The van der Waals surface area contributed by atoms with Crippen LogP contribution >= 0.6 is 0 Å². The molecule has 0 aromatic carbocycles. The van der Waals surface area contributed by atoms with Gasteiger partial charge in [0.25, 0.3) is 0 Å². The Morgan fingerprint density at radius 2 is 1.86 bits per heavy atom. The molecule has 0 saturated carbocycles. The van der Waals surface area contributed by atoms with Gasteiger partial charge < -0.3 is 10.1 Å². The number of carbonyl (C=O) groups is 1. The molecule has 0 fully saturated rings. The minimum atomic E-state index is 0.142. The summed E-state index contributed by atoms with van der Waals surface area (Å²) >= 11 is 0. The summed E-state index contributed by atoms with van der Waals surface area (Å²) in [6.45, 7) is 4.94. The maximum atomic E-state index is 10.9. The highest BCUT2D eigenvalue weighted by atomic mass is 16.5. The number of hydrogen-bond donors (Lipinski definition) is 1. The van der Waals surface area contributed by atoms with E-state index in [4.69, 9.17) is 4.74 Å². The quantitative estimate of drug-likeness (QED) is 0.611. The van der Waals surface area contributed by atoms with Crippen molar-refractivity contribution < 1.29 is 9.53 Å². The lowest BCUT2D eigenvalue weighted by molar-refractivity contribution is -0.120. The maximum Gasteiger partial charge on any atom is 0.219 e. The number of unbranched alkanes of at least 4 members (excludes halogenated alkanes) is 3. The van der Waals surface area contributed by atoms with E-state index in [-0.39, 0.29) is 5.91 Å². The van der Waals surface area contributed by atoms with E-state index in [2.05, 4.69) is 5.32 Å². The molecule has 0 aromatic heterocycles. The third kappa shape index (κ3) is 9.52. The first-order chi connectivity index (χ1) is 6.66. The molecule has 84 valence electrons. The predicted octanol–water partition coefficient (Wildman–Crippen LogP) is 2.11. The predicted molar refractivity (Wildman–Crippen MR) is 58.2 cm³/mol. The second-order valence-electron chi connectivity index (χ2n) is 3.76. The Bertz CT molecular complexity index is 146. The molecule has 0 aliphatic heterocycles. The number of nitrogens with one attached hydrogen (secondary N) is 1. The van der Waals surface area contributed by atoms with Crippen LogP contribution in [0.5, 0.6) is 0 Å². The molecule has 0 radical (unpaired) electrons. The molecule has 0 aliphatic carbocycles. The first-order valence-corrected chi connectivity index (χ1v) is 5.49. The number of ether oxygens (including phenoxy) is 1. The largest absolute Gasteiger partial charge is 0.379 e. The van der Waals surface area contributed by atoms with E-state index in [9.17, 15) is 4.79 Å². The minimum absolute atomic E-state index is 0.142. The van der Waals surface area contributed by atoms with Gasteiger partial charge in [0, 0.05) is 20.1 Å². The van der Waals surface area contributed by atoms with Gasteiger partial charge in [-0.05, 0) is 26.7 Å². The summed E-state index contributed by atoms with van der Waals surface area (Å²) in [5.74, 6) is 0.142. The zero-order valence-corrected chi connectivity index (χ0v) is 9.64. The Kier molecular flexibility index (Phi) is 8.64. The first-order valence-electron chi connectivity index (χ1n) is 5.49. The van der Waals surface area contributed by atoms with E-state index in [0.717, 1.165) is 32.3 Å². The third-order valence-electron chi connectivity index (χ3n) is 2.03. The van der Waals surface area contributed by atoms with E-state index in [0.29, 0.717) is 12.5 Å². The fourth-order valence-corrected chi connectivity index (χ4v) is 1.19. The van der Waals surface area contributed by atoms with Gasteiger partial charge in [0.1, 0.15) is 0 Å². The van der Waals surface area contributed by atoms with Gasteiger partial charge in [-0.15, -0.1) is 0 Å². The number of amides is 1. The van der Waals surface area contributed by atoms with Gasteiger partial charge in [-0.2, -0.15) is 0 Å². The second kappa shape index (κ2) is 9.00. The highest BCUT2D eigenvalue weighted by molar-refractivity contribution is 5.75. The van der Waals surface area contributed by atoms with E-state index >= 15 is 0 Å². The molecule has 0 saturated heterocycles. The number of carbonyl (C=O) groups excluding carboxylic acids is 1. The van der Waals surface area contributed by atoms with Crippen LogP contribution in [0.1, 0.15) is 46.0 Å². The Hall–Kier alpha value is -0.570. The normalized spacial score (nSPS) is 10.6. The van der Waals surface area contributed by atoms with E-state index < -0.39 is 0 Å². The Morgan fingerprint density at radius 1 is 1.21 bits per heavy atom. The smallest absolute Gasteiger partial charge is 0.219 e. The molecular formula is C11H23NO2. The fourth-order valence-electron chi connectivity index (χ4n) is 1.19. The van der Waals surface area contributed by atoms with Gasteiger partial charge in [0.15, 0.2) is 0 Å². The van der Waals surface area contributed by atoms with Crippen molar-refractivity contribution in [2.75, 3.05) is 13.7 Å². The summed E-state index contributed by atoms with van der Waals surface area (Å²) in [5.41, 5.74) is 0. The SMILES string of the molecule is CNC(=O)CCCCCCOC(C)C. The van der Waals surface area contributed by atoms with Crippen molar-refractivity contribution in [3.05, 3.63) is 0 Å². The molecule has 0 unspecified atom stereocenters. The lowest BCUT2D eigenvalue weighted by Crippen LogP contribution is -2.16. The molecule has 3 heteroatoms. The molecule has 0 rings (SSSR count). The fraction of sp³-hybridized carbons (Fsp3) is 0.909. The zero-order chi connectivity index (χ0) is 10.8. The Balaban J connectivity index is 3.03. The molecule has 0 heterocycles. The van der Waals surface area contributed by atoms with Crippen molar-refractivity contribution >= 4 is 5.91 Å². The standard InChI is InChI=1S/C11H23NO2/c1-10(2)14-9-7-5-4-6-8-11(13)12-3/h10H,4-9H2,1-3H3,(H,12,13). The van der Waals surface area contributed by atoms with Crippen LogP contribution in [-0.2, 0) is 9.53 Å². The second-order valence-corrected chi connectivity index (χ2v) is 3.76. The van der Waals surface area contributed by atoms with Gasteiger partial charge in [-0.25, -0.2) is 0 Å². The average molecular weight is 201 g/mol. The zero-order valence-electron chi connectivity index (χ0n) is 9.64. The molecule has 3 nitrogen and oxygen atoms in total. The molecule has 1 N–H and O–H groups in total. The maximum absolute atomic E-state index is 10.9. The van der Waals surface area contributed by atoms with Crippen molar-refractivity contribution in [2.24, 2.45) is 0 Å². The summed E-state index contributed by atoms with van der Waals surface area (Å²) in [4.78, 5) is 10.9. The van der Waals surface area contributed by atoms with Crippen molar-refractivity contribution in [2.45, 2.75) is 52.1 Å². The van der Waals surface area contributed by atoms with Crippen LogP contribution in [-0.4, -0.2) is 25.7 Å². The molecule has 1 amide bonds. The minimum Gasteiger partial charge on any atom is -0.379 e.